The number of aliphatic hydroxyl groups excluding tert-OH is 2. The SMILES string of the molecule is C#C[C@]1(COP(O)(=S)O[C@]2(n3cnc4c(=O)[nH]c(N)nc43)CO[C@H](CO)[C@H]2F)O[C@@H](n2cc(F)c3c(N)ncnc32)C[C@@H]1O. The molecule has 2 saturated heterocycles. The van der Waals surface area contributed by atoms with Crippen LogP contribution in [0.2, 0.25) is 0 Å². The Morgan fingerprint density at radius 1 is 1.34 bits per heavy atom. The number of hydrogen-bond acceptors (Lipinski definition) is 14. The van der Waals surface area contributed by atoms with Crippen molar-refractivity contribution in [2.45, 2.75) is 42.4 Å². The van der Waals surface area contributed by atoms with Crippen LogP contribution in [0.5, 0.6) is 0 Å². The molecule has 6 rings (SSSR count). The number of halogens is 2. The summed E-state index contributed by atoms with van der Waals surface area (Å²) < 4.78 is 55.3. The fourth-order valence-electron chi connectivity index (χ4n) is 5.26. The van der Waals surface area contributed by atoms with Crippen molar-refractivity contribution in [1.29, 1.82) is 0 Å². The lowest BCUT2D eigenvalue weighted by Gasteiger charge is -2.35. The number of ether oxygens (including phenoxy) is 2. The molecule has 2 fully saturated rings. The van der Waals surface area contributed by atoms with Crippen molar-refractivity contribution in [2.75, 3.05) is 31.3 Å². The van der Waals surface area contributed by atoms with Gasteiger partial charge in [0, 0.05) is 12.6 Å². The first-order chi connectivity index (χ1) is 20.8. The first-order valence-corrected chi connectivity index (χ1v) is 15.3. The summed E-state index contributed by atoms with van der Waals surface area (Å²) in [6, 6.07) is 0. The lowest BCUT2D eigenvalue weighted by Crippen LogP contribution is -2.47. The minimum atomic E-state index is -4.54. The molecule has 7 atom stereocenters. The number of aromatic nitrogens is 7. The summed E-state index contributed by atoms with van der Waals surface area (Å²) in [4.78, 5) is 41.5. The molecule has 6 heterocycles. The predicted molar refractivity (Wildman–Crippen MR) is 150 cm³/mol. The van der Waals surface area contributed by atoms with Crippen molar-refractivity contribution in [2.24, 2.45) is 0 Å². The van der Waals surface area contributed by atoms with Crippen molar-refractivity contribution in [1.82, 2.24) is 34.1 Å². The molecule has 1 unspecified atom stereocenters. The van der Waals surface area contributed by atoms with Crippen LogP contribution >= 0.6 is 6.72 Å². The molecule has 234 valence electrons. The maximum Gasteiger partial charge on any atom is 0.327 e. The van der Waals surface area contributed by atoms with Gasteiger partial charge in [-0.05, 0) is 11.8 Å². The van der Waals surface area contributed by atoms with Gasteiger partial charge in [0.05, 0.1) is 31.5 Å². The summed E-state index contributed by atoms with van der Waals surface area (Å²) in [5, 5.41) is 20.5. The molecular formula is C23H24F2N9O8PS. The molecule has 4 aromatic rings. The molecule has 44 heavy (non-hydrogen) atoms. The van der Waals surface area contributed by atoms with Crippen molar-refractivity contribution >= 4 is 52.5 Å². The molecule has 2 aliphatic rings. The Morgan fingerprint density at radius 3 is 2.82 bits per heavy atom. The molecule has 0 radical (unpaired) electrons. The molecule has 0 bridgehead atoms. The van der Waals surface area contributed by atoms with Crippen molar-refractivity contribution < 1.29 is 42.4 Å². The summed E-state index contributed by atoms with van der Waals surface area (Å²) in [5.41, 5.74) is 6.02. The third-order valence-electron chi connectivity index (χ3n) is 7.45. The third kappa shape index (κ3) is 4.73. The number of terminal acetylenes is 1. The van der Waals surface area contributed by atoms with Crippen LogP contribution in [0, 0.1) is 18.2 Å². The topological polar surface area (TPSA) is 244 Å². The van der Waals surface area contributed by atoms with Crippen LogP contribution in [0.3, 0.4) is 0 Å². The zero-order valence-electron chi connectivity index (χ0n) is 22.3. The number of nitrogens with two attached hydrogens (primary N) is 2. The van der Waals surface area contributed by atoms with Gasteiger partial charge in [-0.15, -0.1) is 6.42 Å². The van der Waals surface area contributed by atoms with Crippen molar-refractivity contribution in [3.63, 3.8) is 0 Å². The molecule has 4 aromatic heterocycles. The summed E-state index contributed by atoms with van der Waals surface area (Å²) in [7, 11) is 0. The lowest BCUT2D eigenvalue weighted by atomic mass is 9.99. The number of nitrogens with zero attached hydrogens (tertiary/aromatic N) is 6. The Balaban J connectivity index is 1.29. The molecule has 8 N–H and O–H groups in total. The third-order valence-corrected chi connectivity index (χ3v) is 8.99. The predicted octanol–water partition coefficient (Wildman–Crippen LogP) is -0.848. The Kier molecular flexibility index (Phi) is 7.43. The number of fused-ring (bicyclic) bond motifs is 2. The van der Waals surface area contributed by atoms with Gasteiger partial charge in [0.1, 0.15) is 30.6 Å². The van der Waals surface area contributed by atoms with E-state index in [1.807, 2.05) is 0 Å². The molecule has 0 spiro atoms. The van der Waals surface area contributed by atoms with Gasteiger partial charge >= 0.3 is 6.72 Å². The average molecular weight is 656 g/mol. The van der Waals surface area contributed by atoms with Crippen LogP contribution < -0.4 is 17.0 Å². The first kappa shape index (κ1) is 30.4. The van der Waals surface area contributed by atoms with Crippen molar-refractivity contribution in [3.8, 4) is 12.3 Å². The second-order valence-electron chi connectivity index (χ2n) is 10.0. The van der Waals surface area contributed by atoms with E-state index in [2.05, 4.69) is 30.8 Å². The van der Waals surface area contributed by atoms with Crippen LogP contribution in [-0.4, -0.2) is 93.0 Å². The van der Waals surface area contributed by atoms with E-state index < -0.39 is 73.8 Å². The van der Waals surface area contributed by atoms with Gasteiger partial charge in [0.2, 0.25) is 11.7 Å². The largest absolute Gasteiger partial charge is 0.394 e. The standard InChI is InChI=1S/C23H24F2N9O8PS/c1-2-22(12(36)3-13(41-22)33-4-10(24)14-17(26)28-8-29-18(14)33)6-40-43(38,44)42-23(7-39-11(5-35)16(23)25)34-9-30-15-19(34)31-21(27)32-20(15)37/h1,4,8-9,11-13,16,35-36H,3,5-7H2,(H,38,44)(H2,26,28,29)(H3,27,31,32,37)/t11-,12+,13-,16-,22-,23-,43?/m1/s1. The van der Waals surface area contributed by atoms with Crippen LogP contribution in [0.25, 0.3) is 22.2 Å². The van der Waals surface area contributed by atoms with Gasteiger partial charge in [-0.3, -0.25) is 18.9 Å². The number of rotatable bonds is 8. The van der Waals surface area contributed by atoms with Crippen LogP contribution in [-0.2, 0) is 36.1 Å². The van der Waals surface area contributed by atoms with Gasteiger partial charge in [-0.25, -0.2) is 23.7 Å². The molecule has 0 aliphatic carbocycles. The summed E-state index contributed by atoms with van der Waals surface area (Å²) in [6.07, 6.45) is 2.62. The van der Waals surface area contributed by atoms with Gasteiger partial charge in [0.15, 0.2) is 34.4 Å². The van der Waals surface area contributed by atoms with Crippen molar-refractivity contribution in [3.05, 3.63) is 35.0 Å². The van der Waals surface area contributed by atoms with Gasteiger partial charge in [-0.2, -0.15) is 4.98 Å². The maximum atomic E-state index is 15.9. The smallest absolute Gasteiger partial charge is 0.327 e. The highest BCUT2D eigenvalue weighted by Crippen LogP contribution is 2.54. The highest BCUT2D eigenvalue weighted by atomic mass is 32.5. The van der Waals surface area contributed by atoms with Gasteiger partial charge in [-0.1, -0.05) is 5.92 Å². The fraction of sp³-hybridized carbons (Fsp3) is 0.435. The molecular weight excluding hydrogens is 631 g/mol. The van der Waals surface area contributed by atoms with E-state index in [0.29, 0.717) is 0 Å². The minimum absolute atomic E-state index is 0.0596. The number of nitrogens with one attached hydrogen (secondary N) is 1. The lowest BCUT2D eigenvalue weighted by molar-refractivity contribution is -0.0990. The van der Waals surface area contributed by atoms with Crippen LogP contribution in [0.4, 0.5) is 20.5 Å². The number of aliphatic hydroxyl groups is 2. The number of hydrogen-bond donors (Lipinski definition) is 6. The maximum absolute atomic E-state index is 15.9. The number of H-pyrrole nitrogens is 1. The zero-order chi connectivity index (χ0) is 31.6. The first-order valence-electron chi connectivity index (χ1n) is 12.7. The number of anilines is 2. The number of nitrogen functional groups attached to an aromatic ring is 2. The van der Waals surface area contributed by atoms with E-state index in [1.54, 1.807) is 0 Å². The van der Waals surface area contributed by atoms with E-state index in [4.69, 9.17) is 48.2 Å². The highest BCUT2D eigenvalue weighted by Gasteiger charge is 2.57. The second kappa shape index (κ2) is 10.8. The summed E-state index contributed by atoms with van der Waals surface area (Å²) >= 11 is 5.20. The Bertz CT molecular complexity index is 1920. The monoisotopic (exact) mass is 655 g/mol. The normalized spacial score (nSPS) is 30.2. The number of aromatic amines is 1. The average Bonchev–Trinajstić information content (AvgIpc) is 3.72. The minimum Gasteiger partial charge on any atom is -0.394 e. The molecule has 21 heteroatoms. The van der Waals surface area contributed by atoms with Gasteiger partial charge in [0.25, 0.3) is 5.56 Å². The Labute approximate surface area is 250 Å². The van der Waals surface area contributed by atoms with Crippen LogP contribution in [0.15, 0.2) is 23.6 Å². The fourth-order valence-corrected chi connectivity index (χ4v) is 6.86. The van der Waals surface area contributed by atoms with E-state index in [0.717, 1.165) is 23.4 Å². The van der Waals surface area contributed by atoms with E-state index in [9.17, 15) is 24.3 Å². The molecule has 2 aliphatic heterocycles. The van der Waals surface area contributed by atoms with Crippen LogP contribution in [0.1, 0.15) is 12.6 Å². The number of alkyl halides is 1. The summed E-state index contributed by atoms with van der Waals surface area (Å²) in [6.45, 7) is -6.73. The van der Waals surface area contributed by atoms with E-state index in [-0.39, 0.29) is 40.4 Å². The van der Waals surface area contributed by atoms with E-state index >= 15 is 4.39 Å². The Hall–Kier alpha value is -3.64. The summed E-state index contributed by atoms with van der Waals surface area (Å²) in [5.74, 6) is 1.12. The molecule has 0 saturated carbocycles. The highest BCUT2D eigenvalue weighted by molar-refractivity contribution is 8.07. The van der Waals surface area contributed by atoms with E-state index in [1.165, 1.54) is 4.57 Å². The van der Waals surface area contributed by atoms with Gasteiger partial charge < -0.3 is 45.1 Å². The zero-order valence-corrected chi connectivity index (χ0v) is 24.0. The quantitative estimate of drug-likeness (QED) is 0.100. The molecule has 0 amide bonds. The molecule has 17 nitrogen and oxygen atoms in total. The number of imidazole rings is 1. The molecule has 0 aromatic carbocycles. The Morgan fingerprint density at radius 2 is 2.11 bits per heavy atom. The second-order valence-corrected chi connectivity index (χ2v) is 12.8.